The van der Waals surface area contributed by atoms with Gasteiger partial charge in [0.25, 0.3) is 5.91 Å². The van der Waals surface area contributed by atoms with Gasteiger partial charge < -0.3 is 20.2 Å². The first kappa shape index (κ1) is 13.7. The maximum Gasteiger partial charge on any atom is 0.257 e. The average Bonchev–Trinajstić information content (AvgIpc) is 2.41. The van der Waals surface area contributed by atoms with Gasteiger partial charge in [0.2, 0.25) is 0 Å². The first-order valence-corrected chi connectivity index (χ1v) is 6.52. The second kappa shape index (κ2) is 5.48. The third-order valence-electron chi connectivity index (χ3n) is 3.72. The van der Waals surface area contributed by atoms with Crippen molar-refractivity contribution in [1.82, 2.24) is 4.90 Å². The zero-order valence-corrected chi connectivity index (χ0v) is 10.9. The first-order chi connectivity index (χ1) is 9.02. The SMILES string of the molecule is CCC1CN(C(=O)c2cc(O)ccc2O)CCC1O. The second-order valence-electron chi connectivity index (χ2n) is 4.98. The second-order valence-corrected chi connectivity index (χ2v) is 4.98. The number of benzene rings is 1. The van der Waals surface area contributed by atoms with Crippen molar-refractivity contribution in [2.45, 2.75) is 25.9 Å². The van der Waals surface area contributed by atoms with Crippen molar-refractivity contribution < 1.29 is 20.1 Å². The molecule has 5 heteroatoms. The molecule has 1 fully saturated rings. The van der Waals surface area contributed by atoms with E-state index in [1.165, 1.54) is 18.2 Å². The Morgan fingerprint density at radius 3 is 2.84 bits per heavy atom. The minimum atomic E-state index is -0.369. The summed E-state index contributed by atoms with van der Waals surface area (Å²) in [5, 5.41) is 28.9. The van der Waals surface area contributed by atoms with Crippen molar-refractivity contribution in [3.05, 3.63) is 23.8 Å². The highest BCUT2D eigenvalue weighted by atomic mass is 16.3. The number of nitrogens with zero attached hydrogens (tertiary/aromatic N) is 1. The fraction of sp³-hybridized carbons (Fsp3) is 0.500. The van der Waals surface area contributed by atoms with Crippen LogP contribution in [-0.2, 0) is 0 Å². The number of amides is 1. The Bertz CT molecular complexity index is 475. The van der Waals surface area contributed by atoms with Gasteiger partial charge in [-0.2, -0.15) is 0 Å². The zero-order valence-electron chi connectivity index (χ0n) is 10.9. The number of carbonyl (C=O) groups is 1. The highest BCUT2D eigenvalue weighted by Crippen LogP contribution is 2.26. The van der Waals surface area contributed by atoms with Crippen LogP contribution in [0.3, 0.4) is 0 Å². The van der Waals surface area contributed by atoms with Gasteiger partial charge in [-0.15, -0.1) is 0 Å². The van der Waals surface area contributed by atoms with Gasteiger partial charge in [-0.1, -0.05) is 6.92 Å². The van der Waals surface area contributed by atoms with Gasteiger partial charge in [0.1, 0.15) is 11.5 Å². The van der Waals surface area contributed by atoms with Crippen LogP contribution in [0.1, 0.15) is 30.1 Å². The van der Waals surface area contributed by atoms with Crippen LogP contribution in [-0.4, -0.2) is 45.3 Å². The lowest BCUT2D eigenvalue weighted by atomic mass is 9.92. The summed E-state index contributed by atoms with van der Waals surface area (Å²) in [7, 11) is 0. The molecule has 0 spiro atoms. The molecule has 0 radical (unpaired) electrons. The van der Waals surface area contributed by atoms with E-state index in [-0.39, 0.29) is 35.0 Å². The molecular formula is C14H19NO4. The van der Waals surface area contributed by atoms with Gasteiger partial charge in [-0.25, -0.2) is 0 Å². The van der Waals surface area contributed by atoms with Crippen LogP contribution >= 0.6 is 0 Å². The van der Waals surface area contributed by atoms with E-state index in [4.69, 9.17) is 0 Å². The highest BCUT2D eigenvalue weighted by molar-refractivity contribution is 5.97. The summed E-state index contributed by atoms with van der Waals surface area (Å²) in [6, 6.07) is 3.91. The molecule has 1 amide bonds. The van der Waals surface area contributed by atoms with Crippen molar-refractivity contribution in [2.24, 2.45) is 5.92 Å². The topological polar surface area (TPSA) is 81.0 Å². The summed E-state index contributed by atoms with van der Waals surface area (Å²) in [6.07, 6.45) is 0.979. The maximum atomic E-state index is 12.3. The van der Waals surface area contributed by atoms with Crippen molar-refractivity contribution in [3.63, 3.8) is 0 Å². The summed E-state index contributed by atoms with van der Waals surface area (Å²) in [6.45, 7) is 2.92. The minimum absolute atomic E-state index is 0.0507. The zero-order chi connectivity index (χ0) is 14.0. The van der Waals surface area contributed by atoms with E-state index >= 15 is 0 Å². The molecule has 0 bridgehead atoms. The Morgan fingerprint density at radius 1 is 1.42 bits per heavy atom. The van der Waals surface area contributed by atoms with Gasteiger partial charge in [0.05, 0.1) is 11.7 Å². The molecule has 2 atom stereocenters. The Morgan fingerprint density at radius 2 is 2.16 bits per heavy atom. The van der Waals surface area contributed by atoms with E-state index in [9.17, 15) is 20.1 Å². The molecule has 5 nitrogen and oxygen atoms in total. The molecule has 0 aliphatic carbocycles. The smallest absolute Gasteiger partial charge is 0.257 e. The number of aliphatic hydroxyl groups excluding tert-OH is 1. The highest BCUT2D eigenvalue weighted by Gasteiger charge is 2.30. The average molecular weight is 265 g/mol. The van der Waals surface area contributed by atoms with E-state index in [0.717, 1.165) is 6.42 Å². The standard InChI is InChI=1S/C14H19NO4/c1-2-9-8-15(6-5-12(9)17)14(19)11-7-10(16)3-4-13(11)18/h3-4,7,9,12,16-18H,2,5-6,8H2,1H3. The van der Waals surface area contributed by atoms with Crippen LogP contribution in [0.25, 0.3) is 0 Å². The van der Waals surface area contributed by atoms with Gasteiger partial charge in [0.15, 0.2) is 0 Å². The number of hydrogen-bond donors (Lipinski definition) is 3. The van der Waals surface area contributed by atoms with E-state index in [1.807, 2.05) is 6.92 Å². The molecule has 19 heavy (non-hydrogen) atoms. The predicted octanol–water partition coefficient (Wildman–Crippen LogP) is 1.33. The van der Waals surface area contributed by atoms with Crippen molar-refractivity contribution in [3.8, 4) is 11.5 Å². The van der Waals surface area contributed by atoms with E-state index in [1.54, 1.807) is 4.90 Å². The number of rotatable bonds is 2. The predicted molar refractivity (Wildman–Crippen MR) is 70.1 cm³/mol. The summed E-state index contributed by atoms with van der Waals surface area (Å²) in [5.41, 5.74) is 0.103. The molecule has 1 heterocycles. The number of carbonyl (C=O) groups excluding carboxylic acids is 1. The number of aromatic hydroxyl groups is 2. The molecule has 1 aliphatic heterocycles. The van der Waals surface area contributed by atoms with E-state index in [0.29, 0.717) is 19.5 Å². The molecule has 0 saturated carbocycles. The van der Waals surface area contributed by atoms with Crippen LogP contribution < -0.4 is 0 Å². The third-order valence-corrected chi connectivity index (χ3v) is 3.72. The largest absolute Gasteiger partial charge is 0.508 e. The van der Waals surface area contributed by atoms with Gasteiger partial charge in [-0.05, 0) is 31.0 Å². The summed E-state index contributed by atoms with van der Waals surface area (Å²) in [4.78, 5) is 13.9. The van der Waals surface area contributed by atoms with E-state index in [2.05, 4.69) is 0 Å². The molecule has 1 aromatic rings. The molecular weight excluding hydrogens is 246 g/mol. The van der Waals surface area contributed by atoms with Crippen LogP contribution in [0.15, 0.2) is 18.2 Å². The molecule has 1 aliphatic rings. The molecule has 3 N–H and O–H groups in total. The normalized spacial score (nSPS) is 23.4. The van der Waals surface area contributed by atoms with Crippen LogP contribution in [0.5, 0.6) is 11.5 Å². The van der Waals surface area contributed by atoms with Crippen LogP contribution in [0.4, 0.5) is 0 Å². The number of phenolic OH excluding ortho intramolecular Hbond substituents is 2. The fourth-order valence-corrected chi connectivity index (χ4v) is 2.47. The number of hydrogen-bond acceptors (Lipinski definition) is 4. The number of piperidine rings is 1. The van der Waals surface area contributed by atoms with Crippen LogP contribution in [0.2, 0.25) is 0 Å². The molecule has 0 aromatic heterocycles. The first-order valence-electron chi connectivity index (χ1n) is 6.52. The molecule has 2 rings (SSSR count). The Balaban J connectivity index is 2.18. The van der Waals surface area contributed by atoms with Crippen molar-refractivity contribution >= 4 is 5.91 Å². The van der Waals surface area contributed by atoms with Gasteiger partial charge >= 0.3 is 0 Å². The lowest BCUT2D eigenvalue weighted by molar-refractivity contribution is 0.0227. The quantitative estimate of drug-likeness (QED) is 0.705. The van der Waals surface area contributed by atoms with Gasteiger partial charge in [-0.3, -0.25) is 4.79 Å². The maximum absolute atomic E-state index is 12.3. The molecule has 104 valence electrons. The monoisotopic (exact) mass is 265 g/mol. The molecule has 2 unspecified atom stereocenters. The Labute approximate surface area is 112 Å². The Hall–Kier alpha value is -1.75. The lowest BCUT2D eigenvalue weighted by Gasteiger charge is -2.35. The lowest BCUT2D eigenvalue weighted by Crippen LogP contribution is -2.45. The molecule has 1 aromatic carbocycles. The minimum Gasteiger partial charge on any atom is -0.508 e. The fourth-order valence-electron chi connectivity index (χ4n) is 2.47. The van der Waals surface area contributed by atoms with Crippen LogP contribution in [0, 0.1) is 5.92 Å². The number of likely N-dealkylation sites (tertiary alicyclic amines) is 1. The Kier molecular flexibility index (Phi) is 3.95. The van der Waals surface area contributed by atoms with Crippen molar-refractivity contribution in [2.75, 3.05) is 13.1 Å². The summed E-state index contributed by atoms with van der Waals surface area (Å²) < 4.78 is 0. The summed E-state index contributed by atoms with van der Waals surface area (Å²) >= 11 is 0. The van der Waals surface area contributed by atoms with Crippen molar-refractivity contribution in [1.29, 1.82) is 0 Å². The van der Waals surface area contributed by atoms with Gasteiger partial charge in [0, 0.05) is 19.0 Å². The van der Waals surface area contributed by atoms with E-state index < -0.39 is 0 Å². The number of aliphatic hydroxyl groups is 1. The number of phenols is 2. The molecule has 1 saturated heterocycles. The third kappa shape index (κ3) is 2.81. The summed E-state index contributed by atoms with van der Waals surface area (Å²) in [5.74, 6) is -0.428.